The van der Waals surface area contributed by atoms with Gasteiger partial charge in [0, 0.05) is 10.8 Å². The van der Waals surface area contributed by atoms with Crippen molar-refractivity contribution >= 4 is 28.3 Å². The number of halogens is 1. The lowest BCUT2D eigenvalue weighted by molar-refractivity contribution is -0.129. The lowest BCUT2D eigenvalue weighted by Crippen LogP contribution is -2.40. The molecule has 3 saturated heterocycles. The molecule has 0 N–H and O–H groups in total. The number of carbonyl (C=O) groups excluding carboxylic acids is 2. The standard InChI is InChI=1S/C20H18FNO3/c1-19-9-10-20(2,25-19)16-15(19)17(23)22(18(16)24)14-8-4-5-11-12(14)6-3-7-13(11)21/h3-8,15-16H,9-10H2,1-2H3/t15-,16+,19?,20?. The molecule has 0 radical (unpaired) electrons. The van der Waals surface area contributed by atoms with Gasteiger partial charge in [-0.05, 0) is 38.8 Å². The summed E-state index contributed by atoms with van der Waals surface area (Å²) in [6.45, 7) is 3.86. The minimum Gasteiger partial charge on any atom is -0.367 e. The number of carbonyl (C=O) groups is 2. The summed E-state index contributed by atoms with van der Waals surface area (Å²) in [6, 6.07) is 9.79. The maximum atomic E-state index is 14.1. The molecule has 4 nitrogen and oxygen atoms in total. The zero-order valence-electron chi connectivity index (χ0n) is 14.1. The molecule has 0 aliphatic carbocycles. The second kappa shape index (κ2) is 4.47. The molecule has 5 rings (SSSR count). The maximum absolute atomic E-state index is 14.1. The molecule has 2 aromatic carbocycles. The highest BCUT2D eigenvalue weighted by atomic mass is 19.1. The van der Waals surface area contributed by atoms with Gasteiger partial charge in [-0.25, -0.2) is 9.29 Å². The third kappa shape index (κ3) is 1.69. The van der Waals surface area contributed by atoms with Crippen molar-refractivity contribution in [3.63, 3.8) is 0 Å². The average Bonchev–Trinajstić information content (AvgIpc) is 3.12. The topological polar surface area (TPSA) is 46.6 Å². The second-order valence-electron chi connectivity index (χ2n) is 7.81. The van der Waals surface area contributed by atoms with Crippen LogP contribution in [0, 0.1) is 17.7 Å². The van der Waals surface area contributed by atoms with E-state index in [0.29, 0.717) is 16.5 Å². The first-order valence-corrected chi connectivity index (χ1v) is 8.61. The number of rotatable bonds is 1. The highest BCUT2D eigenvalue weighted by molar-refractivity contribution is 6.26. The lowest BCUT2D eigenvalue weighted by atomic mass is 9.69. The number of amides is 2. The Morgan fingerprint density at radius 1 is 0.960 bits per heavy atom. The Labute approximate surface area is 144 Å². The first-order valence-electron chi connectivity index (χ1n) is 8.61. The molecule has 2 bridgehead atoms. The summed E-state index contributed by atoms with van der Waals surface area (Å²) in [7, 11) is 0. The number of benzene rings is 2. The third-order valence-corrected chi connectivity index (χ3v) is 6.29. The molecule has 3 fully saturated rings. The molecule has 25 heavy (non-hydrogen) atoms. The largest absolute Gasteiger partial charge is 0.367 e. The van der Waals surface area contributed by atoms with Crippen LogP contribution in [-0.2, 0) is 14.3 Å². The molecule has 2 aromatic rings. The van der Waals surface area contributed by atoms with E-state index in [2.05, 4.69) is 0 Å². The fourth-order valence-electron chi connectivity index (χ4n) is 5.16. The Morgan fingerprint density at radius 3 is 2.16 bits per heavy atom. The van der Waals surface area contributed by atoms with E-state index in [4.69, 9.17) is 4.74 Å². The van der Waals surface area contributed by atoms with E-state index >= 15 is 0 Å². The Balaban J connectivity index is 1.69. The van der Waals surface area contributed by atoms with Crippen LogP contribution in [0.4, 0.5) is 10.1 Å². The second-order valence-corrected chi connectivity index (χ2v) is 7.81. The molecule has 5 heteroatoms. The summed E-state index contributed by atoms with van der Waals surface area (Å²) >= 11 is 0. The van der Waals surface area contributed by atoms with E-state index in [0.717, 1.165) is 12.8 Å². The van der Waals surface area contributed by atoms with Crippen LogP contribution < -0.4 is 4.90 Å². The minimum absolute atomic E-state index is 0.224. The predicted molar refractivity (Wildman–Crippen MR) is 90.5 cm³/mol. The Bertz CT molecular complexity index is 923. The van der Waals surface area contributed by atoms with Crippen molar-refractivity contribution in [1.29, 1.82) is 0 Å². The number of hydrogen-bond acceptors (Lipinski definition) is 3. The predicted octanol–water partition coefficient (Wildman–Crippen LogP) is 3.43. The van der Waals surface area contributed by atoms with Gasteiger partial charge in [0.25, 0.3) is 0 Å². The van der Waals surface area contributed by atoms with Crippen molar-refractivity contribution in [2.24, 2.45) is 11.8 Å². The van der Waals surface area contributed by atoms with E-state index in [9.17, 15) is 14.0 Å². The molecule has 128 valence electrons. The van der Waals surface area contributed by atoms with E-state index in [1.54, 1.807) is 30.3 Å². The smallest absolute Gasteiger partial charge is 0.240 e. The molecule has 3 heterocycles. The molecule has 0 saturated carbocycles. The quantitative estimate of drug-likeness (QED) is 0.748. The van der Waals surface area contributed by atoms with Crippen LogP contribution in [0.3, 0.4) is 0 Å². The Morgan fingerprint density at radius 2 is 1.52 bits per heavy atom. The van der Waals surface area contributed by atoms with Gasteiger partial charge in [0.05, 0.1) is 28.7 Å². The van der Waals surface area contributed by atoms with Crippen LogP contribution in [0.2, 0.25) is 0 Å². The fraction of sp³-hybridized carbons (Fsp3) is 0.400. The molecular formula is C20H18FNO3. The molecule has 0 aromatic heterocycles. The van der Waals surface area contributed by atoms with Crippen molar-refractivity contribution < 1.29 is 18.7 Å². The summed E-state index contributed by atoms with van der Waals surface area (Å²) < 4.78 is 20.2. The van der Waals surface area contributed by atoms with Crippen LogP contribution in [0.5, 0.6) is 0 Å². The van der Waals surface area contributed by atoms with Crippen molar-refractivity contribution in [1.82, 2.24) is 0 Å². The summed E-state index contributed by atoms with van der Waals surface area (Å²) in [5.74, 6) is -1.72. The summed E-state index contributed by atoms with van der Waals surface area (Å²) in [5, 5.41) is 0.988. The molecule has 3 aliphatic heterocycles. The van der Waals surface area contributed by atoms with Gasteiger partial charge in [-0.15, -0.1) is 0 Å². The molecule has 0 spiro atoms. The van der Waals surface area contributed by atoms with Gasteiger partial charge in [-0.3, -0.25) is 9.59 Å². The van der Waals surface area contributed by atoms with Crippen LogP contribution in [0.15, 0.2) is 36.4 Å². The van der Waals surface area contributed by atoms with Gasteiger partial charge in [-0.2, -0.15) is 0 Å². The molecule has 3 aliphatic rings. The molecule has 2 amide bonds. The minimum atomic E-state index is -0.587. The average molecular weight is 339 g/mol. The Kier molecular flexibility index (Phi) is 2.68. The van der Waals surface area contributed by atoms with Crippen LogP contribution in [0.1, 0.15) is 26.7 Å². The van der Waals surface area contributed by atoms with Gasteiger partial charge < -0.3 is 4.74 Å². The highest BCUT2D eigenvalue weighted by Gasteiger charge is 2.72. The van der Waals surface area contributed by atoms with Crippen LogP contribution in [-0.4, -0.2) is 23.0 Å². The summed E-state index contributed by atoms with van der Waals surface area (Å²) in [6.07, 6.45) is 1.56. The number of nitrogens with zero attached hydrogens (tertiary/aromatic N) is 1. The van der Waals surface area contributed by atoms with Crippen molar-refractivity contribution in [3.05, 3.63) is 42.2 Å². The summed E-state index contributed by atoms with van der Waals surface area (Å²) in [5.41, 5.74) is -0.707. The van der Waals surface area contributed by atoms with Crippen molar-refractivity contribution in [2.75, 3.05) is 4.90 Å². The van der Waals surface area contributed by atoms with Crippen LogP contribution in [0.25, 0.3) is 10.8 Å². The van der Waals surface area contributed by atoms with Crippen LogP contribution >= 0.6 is 0 Å². The normalized spacial score (nSPS) is 36.5. The van der Waals surface area contributed by atoms with E-state index in [-0.39, 0.29) is 17.6 Å². The number of hydrogen-bond donors (Lipinski definition) is 0. The first kappa shape index (κ1) is 15.0. The van der Waals surface area contributed by atoms with Gasteiger partial charge >= 0.3 is 0 Å². The van der Waals surface area contributed by atoms with E-state index in [1.165, 1.54) is 11.0 Å². The Hall–Kier alpha value is -2.27. The SMILES string of the molecule is CC12CCC(C)(O1)[C@H]1C(=O)N(c3cccc4c(F)cccc34)C(=O)[C@H]12. The van der Waals surface area contributed by atoms with Crippen molar-refractivity contribution in [2.45, 2.75) is 37.9 Å². The van der Waals surface area contributed by atoms with Gasteiger partial charge in [-0.1, -0.05) is 24.3 Å². The lowest BCUT2D eigenvalue weighted by Gasteiger charge is -2.27. The van der Waals surface area contributed by atoms with E-state index in [1.807, 2.05) is 13.8 Å². The zero-order valence-corrected chi connectivity index (χ0v) is 14.1. The van der Waals surface area contributed by atoms with E-state index < -0.39 is 23.0 Å². The first-order chi connectivity index (χ1) is 11.9. The highest BCUT2D eigenvalue weighted by Crippen LogP contribution is 2.61. The van der Waals surface area contributed by atoms with Gasteiger partial charge in [0.1, 0.15) is 5.82 Å². The number of fused-ring (bicyclic) bond motifs is 6. The third-order valence-electron chi connectivity index (χ3n) is 6.29. The number of ether oxygens (including phenoxy) is 1. The fourth-order valence-corrected chi connectivity index (χ4v) is 5.16. The zero-order chi connectivity index (χ0) is 17.6. The molecular weight excluding hydrogens is 321 g/mol. The molecule has 4 atom stereocenters. The van der Waals surface area contributed by atoms with Gasteiger partial charge in [0.2, 0.25) is 11.8 Å². The number of anilines is 1. The maximum Gasteiger partial charge on any atom is 0.240 e. The summed E-state index contributed by atoms with van der Waals surface area (Å²) in [4.78, 5) is 27.7. The van der Waals surface area contributed by atoms with Gasteiger partial charge in [0.15, 0.2) is 0 Å². The van der Waals surface area contributed by atoms with Crippen molar-refractivity contribution in [3.8, 4) is 0 Å². The molecule has 2 unspecified atom stereocenters. The monoisotopic (exact) mass is 339 g/mol. The number of imide groups is 1.